The van der Waals surface area contributed by atoms with Crippen LogP contribution in [-0.2, 0) is 10.9 Å². The molecule has 2 aromatic rings. The van der Waals surface area contributed by atoms with E-state index in [9.17, 15) is 31.1 Å². The topological polar surface area (TPSA) is 79.4 Å². The first-order chi connectivity index (χ1) is 16.0. The van der Waals surface area contributed by atoms with Crippen molar-refractivity contribution in [3.63, 3.8) is 0 Å². The molecule has 2 N–H and O–H groups in total. The minimum absolute atomic E-state index is 0.0399. The number of halogens is 6. The summed E-state index contributed by atoms with van der Waals surface area (Å²) in [4.78, 5) is 21.6. The molecular formula is C21H19F6N5O2. The van der Waals surface area contributed by atoms with Crippen molar-refractivity contribution in [2.45, 2.75) is 37.3 Å². The molecule has 2 aromatic heterocycles. The summed E-state index contributed by atoms with van der Waals surface area (Å²) in [5, 5.41) is 5.32. The molecule has 2 aliphatic heterocycles. The number of anilines is 2. The highest BCUT2D eigenvalue weighted by Crippen LogP contribution is 2.46. The lowest BCUT2D eigenvalue weighted by Crippen LogP contribution is -2.52. The van der Waals surface area contributed by atoms with E-state index in [0.717, 1.165) is 31.2 Å². The van der Waals surface area contributed by atoms with Crippen LogP contribution in [0.2, 0.25) is 0 Å². The van der Waals surface area contributed by atoms with E-state index in [4.69, 9.17) is 0 Å². The molecule has 0 spiro atoms. The zero-order valence-corrected chi connectivity index (χ0v) is 17.5. The molecule has 0 bridgehead atoms. The summed E-state index contributed by atoms with van der Waals surface area (Å²) < 4.78 is 87.1. The summed E-state index contributed by atoms with van der Waals surface area (Å²) in [6, 6.07) is 2.71. The lowest BCUT2D eigenvalue weighted by molar-refractivity contribution is -0.206. The predicted octanol–water partition coefficient (Wildman–Crippen LogP) is 4.52. The molecule has 182 valence electrons. The third-order valence-corrected chi connectivity index (χ3v) is 6.15. The number of fused-ring (bicyclic) bond motifs is 1. The van der Waals surface area contributed by atoms with Crippen molar-refractivity contribution in [1.29, 1.82) is 0 Å². The molecule has 3 aliphatic rings. The largest absolute Gasteiger partial charge is 0.431 e. The number of nitrogens with zero attached hydrogens (tertiary/aromatic N) is 3. The third kappa shape index (κ3) is 4.24. The molecule has 13 heteroatoms. The van der Waals surface area contributed by atoms with Crippen molar-refractivity contribution in [2.24, 2.45) is 5.92 Å². The van der Waals surface area contributed by atoms with Gasteiger partial charge >= 0.3 is 18.4 Å². The number of piperazine rings is 1. The zero-order valence-electron chi connectivity index (χ0n) is 17.5. The number of alkyl halides is 6. The first-order valence-corrected chi connectivity index (χ1v) is 10.6. The smallest absolute Gasteiger partial charge is 0.430 e. The van der Waals surface area contributed by atoms with Gasteiger partial charge in [-0.15, -0.1) is 0 Å². The Labute approximate surface area is 189 Å². The zero-order chi connectivity index (χ0) is 24.3. The Morgan fingerprint density at radius 2 is 1.88 bits per heavy atom. The Balaban J connectivity index is 1.67. The highest BCUT2D eigenvalue weighted by molar-refractivity contribution is 5.89. The highest BCUT2D eigenvalue weighted by Gasteiger charge is 2.49. The molecule has 2 fully saturated rings. The van der Waals surface area contributed by atoms with Crippen LogP contribution in [-0.4, -0.2) is 47.9 Å². The van der Waals surface area contributed by atoms with Crippen molar-refractivity contribution in [1.82, 2.24) is 15.3 Å². The lowest BCUT2D eigenvalue weighted by atomic mass is 9.98. The van der Waals surface area contributed by atoms with Gasteiger partial charge in [-0.05, 0) is 37.0 Å². The van der Waals surface area contributed by atoms with Gasteiger partial charge in [-0.2, -0.15) is 26.3 Å². The van der Waals surface area contributed by atoms with Gasteiger partial charge in [-0.25, -0.2) is 14.8 Å². The molecular weight excluding hydrogens is 468 g/mol. The van der Waals surface area contributed by atoms with Crippen LogP contribution in [0.15, 0.2) is 24.4 Å². The molecule has 2 atom stereocenters. The second-order valence-electron chi connectivity index (χ2n) is 8.47. The number of amides is 1. The fourth-order valence-corrected chi connectivity index (χ4v) is 4.46. The first kappa shape index (κ1) is 22.7. The van der Waals surface area contributed by atoms with Crippen LogP contribution in [0.5, 0.6) is 0 Å². The van der Waals surface area contributed by atoms with E-state index in [1.54, 1.807) is 4.90 Å². The number of pyridine rings is 2. The van der Waals surface area contributed by atoms with Gasteiger partial charge in [0.2, 0.25) is 6.10 Å². The number of ether oxygens (including phenoxy) is 1. The summed E-state index contributed by atoms with van der Waals surface area (Å²) in [6.45, 7) is 1.53. The maximum absolute atomic E-state index is 13.8. The lowest BCUT2D eigenvalue weighted by Gasteiger charge is -2.38. The molecule has 34 heavy (non-hydrogen) atoms. The second-order valence-corrected chi connectivity index (χ2v) is 8.47. The third-order valence-electron chi connectivity index (χ3n) is 6.15. The normalized spacial score (nSPS) is 23.2. The van der Waals surface area contributed by atoms with Gasteiger partial charge in [0.15, 0.2) is 0 Å². The summed E-state index contributed by atoms with van der Waals surface area (Å²) in [5.41, 5.74) is -2.19. The monoisotopic (exact) mass is 487 g/mol. The average Bonchev–Trinajstić information content (AvgIpc) is 3.62. The van der Waals surface area contributed by atoms with E-state index >= 15 is 0 Å². The molecule has 4 heterocycles. The Hall–Kier alpha value is -3.09. The molecule has 2 unspecified atom stereocenters. The van der Waals surface area contributed by atoms with Gasteiger partial charge in [0, 0.05) is 37.4 Å². The Kier molecular flexibility index (Phi) is 5.34. The van der Waals surface area contributed by atoms with E-state index in [-0.39, 0.29) is 23.1 Å². The predicted molar refractivity (Wildman–Crippen MR) is 108 cm³/mol. The summed E-state index contributed by atoms with van der Waals surface area (Å²) in [6.07, 6.45) is -10.8. The Bertz CT molecular complexity index is 1120. The summed E-state index contributed by atoms with van der Waals surface area (Å²) in [7, 11) is 0. The number of nitrogens with one attached hydrogen (secondary N) is 2. The molecule has 1 saturated carbocycles. The molecule has 7 nitrogen and oxygen atoms in total. The molecule has 0 aromatic carbocycles. The van der Waals surface area contributed by atoms with Crippen LogP contribution in [0.3, 0.4) is 0 Å². The maximum atomic E-state index is 13.8. The van der Waals surface area contributed by atoms with E-state index in [1.165, 1.54) is 0 Å². The number of carbonyl (C=O) groups is 1. The van der Waals surface area contributed by atoms with Crippen LogP contribution in [0.1, 0.15) is 30.1 Å². The van der Waals surface area contributed by atoms with Gasteiger partial charge in [0.25, 0.3) is 0 Å². The number of rotatable bonds is 3. The maximum Gasteiger partial charge on any atom is 0.430 e. The number of hydrogen-bond acceptors (Lipinski definition) is 6. The SMILES string of the molecule is O=C1Nc2nccc(-c3cc(C(F)(F)F)cc(N4CCNCC4C4CC4)n3)c2C(C(F)(F)F)O1. The standard InChI is InChI=1S/C21H19F6N5O2/c22-20(23,24)11-7-13(30-15(8-11)32-6-5-28-9-14(32)10-1-2-10)12-3-4-29-18-16(12)17(21(25,26)27)34-19(33)31-18/h3-4,7-8,10,14,17,28H,1-2,5-6,9H2,(H,29,31,33). The van der Waals surface area contributed by atoms with Crippen LogP contribution in [0.25, 0.3) is 11.3 Å². The van der Waals surface area contributed by atoms with Crippen LogP contribution in [0, 0.1) is 5.92 Å². The summed E-state index contributed by atoms with van der Waals surface area (Å²) >= 11 is 0. The van der Waals surface area contributed by atoms with Crippen molar-refractivity contribution < 1.29 is 35.9 Å². The number of hydrogen-bond donors (Lipinski definition) is 2. The number of aromatic nitrogens is 2. The van der Waals surface area contributed by atoms with Crippen molar-refractivity contribution in [2.75, 3.05) is 29.9 Å². The van der Waals surface area contributed by atoms with Crippen molar-refractivity contribution in [3.05, 3.63) is 35.5 Å². The molecule has 0 radical (unpaired) electrons. The molecule has 1 amide bonds. The first-order valence-electron chi connectivity index (χ1n) is 10.6. The van der Waals surface area contributed by atoms with E-state index in [0.29, 0.717) is 31.6 Å². The number of carbonyl (C=O) groups excluding carboxylic acids is 1. The molecule has 5 rings (SSSR count). The highest BCUT2D eigenvalue weighted by atomic mass is 19.4. The number of cyclic esters (lactones) is 1. The second kappa shape index (κ2) is 8.00. The molecule has 1 aliphatic carbocycles. The Morgan fingerprint density at radius 1 is 1.12 bits per heavy atom. The van der Waals surface area contributed by atoms with Crippen LogP contribution in [0.4, 0.5) is 42.8 Å². The van der Waals surface area contributed by atoms with Gasteiger partial charge < -0.3 is 15.0 Å². The van der Waals surface area contributed by atoms with E-state index < -0.39 is 41.5 Å². The van der Waals surface area contributed by atoms with E-state index in [2.05, 4.69) is 25.3 Å². The van der Waals surface area contributed by atoms with Gasteiger partial charge in [0.1, 0.15) is 11.6 Å². The Morgan fingerprint density at radius 3 is 2.56 bits per heavy atom. The minimum Gasteiger partial charge on any atom is -0.431 e. The minimum atomic E-state index is -5.01. The fraction of sp³-hybridized carbons (Fsp3) is 0.476. The van der Waals surface area contributed by atoms with Crippen molar-refractivity contribution >= 4 is 17.7 Å². The quantitative estimate of drug-likeness (QED) is 0.621. The van der Waals surface area contributed by atoms with Gasteiger partial charge in [-0.1, -0.05) is 0 Å². The van der Waals surface area contributed by atoms with Gasteiger partial charge in [0.05, 0.1) is 16.8 Å². The van der Waals surface area contributed by atoms with Crippen molar-refractivity contribution in [3.8, 4) is 11.3 Å². The van der Waals surface area contributed by atoms with Gasteiger partial charge in [-0.3, -0.25) is 5.32 Å². The van der Waals surface area contributed by atoms with Crippen LogP contribution < -0.4 is 15.5 Å². The van der Waals surface area contributed by atoms with E-state index in [1.807, 2.05) is 0 Å². The average molecular weight is 487 g/mol. The molecule has 1 saturated heterocycles. The fourth-order valence-electron chi connectivity index (χ4n) is 4.46. The summed E-state index contributed by atoms with van der Waals surface area (Å²) in [5.74, 6) is -0.0764. The van der Waals surface area contributed by atoms with Crippen LogP contribution >= 0.6 is 0 Å².